The van der Waals surface area contributed by atoms with Gasteiger partial charge in [0.15, 0.2) is 5.43 Å². The molecule has 0 radical (unpaired) electrons. The average Bonchev–Trinajstić information content (AvgIpc) is 2.46. The fourth-order valence-electron chi connectivity index (χ4n) is 2.29. The van der Waals surface area contributed by atoms with Crippen molar-refractivity contribution in [2.45, 2.75) is 20.8 Å². The van der Waals surface area contributed by atoms with Gasteiger partial charge in [-0.2, -0.15) is 0 Å². The summed E-state index contributed by atoms with van der Waals surface area (Å²) in [6, 6.07) is 9.34. The second kappa shape index (κ2) is 6.94. The van der Waals surface area contributed by atoms with E-state index in [0.29, 0.717) is 6.61 Å². The lowest BCUT2D eigenvalue weighted by Gasteiger charge is -2.10. The Balaban J connectivity index is 2.31. The molecule has 22 heavy (non-hydrogen) atoms. The molecule has 1 aromatic carbocycles. The summed E-state index contributed by atoms with van der Waals surface area (Å²) in [7, 11) is 0. The second-order valence-corrected chi connectivity index (χ2v) is 5.28. The van der Waals surface area contributed by atoms with Gasteiger partial charge in [-0.1, -0.05) is 24.8 Å². The van der Waals surface area contributed by atoms with Gasteiger partial charge in [-0.25, -0.2) is 0 Å². The largest absolute Gasteiger partial charge is 0.489 e. The van der Waals surface area contributed by atoms with Gasteiger partial charge in [0.25, 0.3) is 0 Å². The molecule has 0 spiro atoms. The summed E-state index contributed by atoms with van der Waals surface area (Å²) in [5, 5.41) is 0. The maximum absolute atomic E-state index is 11.5. The Labute approximate surface area is 131 Å². The fraction of sp³-hybridized carbons (Fsp3) is 0.211. The van der Waals surface area contributed by atoms with Crippen molar-refractivity contribution in [1.82, 2.24) is 4.57 Å². The fourth-order valence-corrected chi connectivity index (χ4v) is 2.29. The molecule has 0 fully saturated rings. The summed E-state index contributed by atoms with van der Waals surface area (Å²) < 4.78 is 7.63. The number of hydrogen-bond acceptors (Lipinski definition) is 2. The molecule has 0 bridgehead atoms. The van der Waals surface area contributed by atoms with Crippen LogP contribution in [0.5, 0.6) is 5.75 Å². The van der Waals surface area contributed by atoms with Crippen molar-refractivity contribution >= 4 is 12.3 Å². The third-order valence-corrected chi connectivity index (χ3v) is 3.45. The summed E-state index contributed by atoms with van der Waals surface area (Å²) in [6.07, 6.45) is 5.70. The number of pyridine rings is 1. The third-order valence-electron chi connectivity index (χ3n) is 3.45. The summed E-state index contributed by atoms with van der Waals surface area (Å²) >= 11 is 0. The van der Waals surface area contributed by atoms with Crippen LogP contribution < -0.4 is 10.2 Å². The molecule has 3 heteroatoms. The van der Waals surface area contributed by atoms with Crippen LogP contribution in [0.3, 0.4) is 0 Å². The highest BCUT2D eigenvalue weighted by atomic mass is 16.5. The van der Waals surface area contributed by atoms with Crippen LogP contribution in [0.2, 0.25) is 0 Å². The smallest absolute Gasteiger partial charge is 0.182 e. The Morgan fingerprint density at radius 2 is 1.82 bits per heavy atom. The van der Waals surface area contributed by atoms with Gasteiger partial charge in [-0.05, 0) is 44.0 Å². The van der Waals surface area contributed by atoms with Crippen molar-refractivity contribution in [2.75, 3.05) is 6.61 Å². The Hall–Kier alpha value is -2.55. The minimum Gasteiger partial charge on any atom is -0.489 e. The molecule has 0 unspecified atom stereocenters. The first-order valence-corrected chi connectivity index (χ1v) is 7.23. The molecule has 0 aliphatic rings. The van der Waals surface area contributed by atoms with Crippen molar-refractivity contribution in [2.24, 2.45) is 0 Å². The zero-order chi connectivity index (χ0) is 16.1. The summed E-state index contributed by atoms with van der Waals surface area (Å²) in [6.45, 7) is 10.0. The predicted molar refractivity (Wildman–Crippen MR) is 92.3 cm³/mol. The molecular weight excluding hydrogens is 274 g/mol. The lowest BCUT2D eigenvalue weighted by atomic mass is 10.1. The SMILES string of the molecule is C=CCOc1cc(/C=C/n2c(C)cc(=O)cc2C)ccc1C. The molecule has 0 amide bonds. The van der Waals surface area contributed by atoms with Crippen LogP contribution in [0.1, 0.15) is 22.5 Å². The molecular formula is C19H21NO2. The van der Waals surface area contributed by atoms with Crippen molar-refractivity contribution in [3.8, 4) is 5.75 Å². The molecule has 0 saturated heterocycles. The number of ether oxygens (including phenoxy) is 1. The third kappa shape index (κ3) is 3.76. The van der Waals surface area contributed by atoms with E-state index in [4.69, 9.17) is 4.74 Å². The maximum atomic E-state index is 11.5. The lowest BCUT2D eigenvalue weighted by molar-refractivity contribution is 0.360. The molecule has 3 nitrogen and oxygen atoms in total. The molecule has 0 saturated carbocycles. The van der Waals surface area contributed by atoms with Crippen molar-refractivity contribution < 1.29 is 4.74 Å². The zero-order valence-electron chi connectivity index (χ0n) is 13.3. The van der Waals surface area contributed by atoms with E-state index >= 15 is 0 Å². The molecule has 0 aliphatic heterocycles. The minimum atomic E-state index is 0.0371. The van der Waals surface area contributed by atoms with Crippen LogP contribution in [0.4, 0.5) is 0 Å². The van der Waals surface area contributed by atoms with Crippen molar-refractivity contribution in [3.05, 3.63) is 75.7 Å². The van der Waals surface area contributed by atoms with Gasteiger partial charge in [0, 0.05) is 29.7 Å². The first kappa shape index (κ1) is 15.8. The Morgan fingerprint density at radius 3 is 2.45 bits per heavy atom. The topological polar surface area (TPSA) is 31.2 Å². The monoisotopic (exact) mass is 295 g/mol. The maximum Gasteiger partial charge on any atom is 0.182 e. The van der Waals surface area contributed by atoms with Crippen molar-refractivity contribution in [3.63, 3.8) is 0 Å². The molecule has 114 valence electrons. The van der Waals surface area contributed by atoms with Crippen LogP contribution in [0, 0.1) is 20.8 Å². The minimum absolute atomic E-state index is 0.0371. The summed E-state index contributed by atoms with van der Waals surface area (Å²) in [5.74, 6) is 0.857. The van der Waals surface area contributed by atoms with Gasteiger partial charge in [-0.15, -0.1) is 0 Å². The van der Waals surface area contributed by atoms with Crippen LogP contribution in [0.25, 0.3) is 12.3 Å². The molecule has 0 atom stereocenters. The highest BCUT2D eigenvalue weighted by molar-refractivity contribution is 5.63. The number of aryl methyl sites for hydroxylation is 3. The quantitative estimate of drug-likeness (QED) is 0.782. The van der Waals surface area contributed by atoms with E-state index in [1.165, 1.54) is 0 Å². The first-order valence-electron chi connectivity index (χ1n) is 7.23. The number of aromatic nitrogens is 1. The van der Waals surface area contributed by atoms with E-state index in [2.05, 4.69) is 6.58 Å². The summed E-state index contributed by atoms with van der Waals surface area (Å²) in [4.78, 5) is 11.5. The van der Waals surface area contributed by atoms with E-state index in [1.807, 2.05) is 55.8 Å². The van der Waals surface area contributed by atoms with Crippen LogP contribution in [-0.4, -0.2) is 11.2 Å². The molecule has 2 rings (SSSR count). The predicted octanol–water partition coefficient (Wildman–Crippen LogP) is 3.97. The Bertz CT molecular complexity index is 743. The molecule has 2 aromatic rings. The normalized spacial score (nSPS) is 10.9. The van der Waals surface area contributed by atoms with Crippen molar-refractivity contribution in [1.29, 1.82) is 0 Å². The molecule has 0 aliphatic carbocycles. The number of nitrogens with zero attached hydrogens (tertiary/aromatic N) is 1. The Kier molecular flexibility index (Phi) is 4.99. The average molecular weight is 295 g/mol. The molecule has 1 aromatic heterocycles. The zero-order valence-corrected chi connectivity index (χ0v) is 13.3. The lowest BCUT2D eigenvalue weighted by Crippen LogP contribution is -2.08. The Morgan fingerprint density at radius 1 is 1.14 bits per heavy atom. The highest BCUT2D eigenvalue weighted by Crippen LogP contribution is 2.20. The van der Waals surface area contributed by atoms with Crippen LogP contribution >= 0.6 is 0 Å². The summed E-state index contributed by atoms with van der Waals surface area (Å²) in [5.41, 5.74) is 4.00. The number of rotatable bonds is 5. The number of hydrogen-bond donors (Lipinski definition) is 0. The number of benzene rings is 1. The van der Waals surface area contributed by atoms with E-state index in [9.17, 15) is 4.79 Å². The van der Waals surface area contributed by atoms with E-state index in [0.717, 1.165) is 28.3 Å². The van der Waals surface area contributed by atoms with Gasteiger partial charge in [0.2, 0.25) is 0 Å². The van der Waals surface area contributed by atoms with Gasteiger partial charge in [-0.3, -0.25) is 4.79 Å². The van der Waals surface area contributed by atoms with Gasteiger partial charge >= 0.3 is 0 Å². The van der Waals surface area contributed by atoms with Crippen LogP contribution in [-0.2, 0) is 0 Å². The van der Waals surface area contributed by atoms with Gasteiger partial charge < -0.3 is 9.30 Å². The van der Waals surface area contributed by atoms with Gasteiger partial charge in [0.05, 0.1) is 0 Å². The van der Waals surface area contributed by atoms with E-state index in [1.54, 1.807) is 18.2 Å². The molecule has 1 heterocycles. The van der Waals surface area contributed by atoms with Gasteiger partial charge in [0.1, 0.15) is 12.4 Å². The molecule has 0 N–H and O–H groups in total. The van der Waals surface area contributed by atoms with Crippen LogP contribution in [0.15, 0.2) is 47.8 Å². The highest BCUT2D eigenvalue weighted by Gasteiger charge is 2.01. The second-order valence-electron chi connectivity index (χ2n) is 5.28. The standard InChI is InChI=1S/C19H21NO2/c1-5-10-22-19-13-17(7-6-14(19)2)8-9-20-15(3)11-18(21)12-16(20)4/h5-9,11-13H,1,10H2,2-4H3/b9-8+. The van der Waals surface area contributed by atoms with E-state index in [-0.39, 0.29) is 5.43 Å². The van der Waals surface area contributed by atoms with E-state index < -0.39 is 0 Å². The first-order chi connectivity index (χ1) is 10.5.